The number of hydrogen-bond donors (Lipinski definition) is 0. The van der Waals surface area contributed by atoms with Gasteiger partial charge in [0, 0.05) is 62.3 Å². The van der Waals surface area contributed by atoms with Crippen LogP contribution in [0.4, 0.5) is 17.1 Å². The first-order chi connectivity index (χ1) is 34.8. The lowest BCUT2D eigenvalue weighted by Gasteiger charge is -2.36. The van der Waals surface area contributed by atoms with Crippen molar-refractivity contribution in [3.63, 3.8) is 0 Å². The highest BCUT2D eigenvalue weighted by atomic mass is 15.1. The second kappa shape index (κ2) is 14.9. The number of rotatable bonds is 6. The minimum Gasteiger partial charge on any atom is -0.310 e. The highest BCUT2D eigenvalue weighted by Crippen LogP contribution is 2.65. The van der Waals surface area contributed by atoms with E-state index >= 15 is 0 Å². The molecule has 0 radical (unpaired) electrons. The molecule has 4 nitrogen and oxygen atoms in total. The molecule has 0 amide bonds. The number of anilines is 3. The molecule has 10 aromatic carbocycles. The molecular weight excluding hydrogens is 849 g/mol. The number of aromatic nitrogens is 3. The first-order valence-electron chi connectivity index (χ1n) is 24.1. The van der Waals surface area contributed by atoms with Gasteiger partial charge in [0.25, 0.3) is 0 Å². The molecule has 0 atom stereocenters. The minimum absolute atomic E-state index is 0.544. The quantitative estimate of drug-likeness (QED) is 0.166. The van der Waals surface area contributed by atoms with Crippen molar-refractivity contribution in [1.82, 2.24) is 14.1 Å². The highest BCUT2D eigenvalue weighted by molar-refractivity contribution is 6.16. The van der Waals surface area contributed by atoms with Gasteiger partial charge in [0.05, 0.1) is 33.2 Å². The van der Waals surface area contributed by atoms with E-state index < -0.39 is 5.41 Å². The fourth-order valence-corrected chi connectivity index (χ4v) is 12.5. The predicted octanol–water partition coefficient (Wildman–Crippen LogP) is 16.8. The zero-order valence-electron chi connectivity index (χ0n) is 38.0. The van der Waals surface area contributed by atoms with E-state index in [1.54, 1.807) is 0 Å². The van der Waals surface area contributed by atoms with Crippen LogP contribution in [-0.4, -0.2) is 14.1 Å². The van der Waals surface area contributed by atoms with Gasteiger partial charge in [-0.3, -0.25) is 4.98 Å². The van der Waals surface area contributed by atoms with Crippen molar-refractivity contribution in [3.05, 3.63) is 277 Å². The van der Waals surface area contributed by atoms with Crippen LogP contribution in [0, 0.1) is 0 Å². The van der Waals surface area contributed by atoms with Gasteiger partial charge in [-0.25, -0.2) is 0 Å². The number of pyridine rings is 1. The summed E-state index contributed by atoms with van der Waals surface area (Å²) in [6, 6.07) is 89.6. The molecule has 0 bridgehead atoms. The van der Waals surface area contributed by atoms with Crippen LogP contribution in [0.25, 0.3) is 88.4 Å². The van der Waals surface area contributed by atoms with Crippen LogP contribution in [0.5, 0.6) is 0 Å². The van der Waals surface area contributed by atoms with Crippen molar-refractivity contribution in [3.8, 4) is 44.8 Å². The number of hydrogen-bond acceptors (Lipinski definition) is 2. The van der Waals surface area contributed by atoms with Crippen LogP contribution in [-0.2, 0) is 5.41 Å². The third-order valence-corrected chi connectivity index (χ3v) is 15.2. The second-order valence-electron chi connectivity index (χ2n) is 18.6. The second-order valence-corrected chi connectivity index (χ2v) is 18.6. The van der Waals surface area contributed by atoms with E-state index in [0.717, 1.165) is 50.4 Å². The predicted molar refractivity (Wildman–Crippen MR) is 289 cm³/mol. The number of benzene rings is 10. The average Bonchev–Trinajstić information content (AvgIpc) is 4.14. The van der Waals surface area contributed by atoms with Crippen LogP contribution in [0.1, 0.15) is 22.3 Å². The smallest absolute Gasteiger partial charge is 0.0746 e. The van der Waals surface area contributed by atoms with E-state index in [1.165, 1.54) is 77.3 Å². The molecule has 13 aromatic rings. The summed E-state index contributed by atoms with van der Waals surface area (Å²) in [6.45, 7) is 0. The average molecular weight is 891 g/mol. The van der Waals surface area contributed by atoms with E-state index in [4.69, 9.17) is 0 Å². The van der Waals surface area contributed by atoms with Crippen molar-refractivity contribution in [2.45, 2.75) is 5.41 Å². The van der Waals surface area contributed by atoms with Gasteiger partial charge in [0.15, 0.2) is 0 Å². The molecule has 0 fully saturated rings. The molecule has 4 heteroatoms. The molecule has 326 valence electrons. The molecule has 3 heterocycles. The Morgan fingerprint density at radius 2 is 0.871 bits per heavy atom. The fourth-order valence-electron chi connectivity index (χ4n) is 12.5. The Kier molecular flexibility index (Phi) is 8.25. The van der Waals surface area contributed by atoms with Gasteiger partial charge in [0.2, 0.25) is 0 Å². The molecule has 0 saturated heterocycles. The topological polar surface area (TPSA) is 26.0 Å². The summed E-state index contributed by atoms with van der Waals surface area (Å²) >= 11 is 0. The number of nitrogens with zero attached hydrogens (tertiary/aromatic N) is 4. The molecule has 0 aliphatic heterocycles. The molecule has 0 saturated carbocycles. The van der Waals surface area contributed by atoms with Crippen LogP contribution in [0.2, 0.25) is 0 Å². The fraction of sp³-hybridized carbons (Fsp3) is 0.0152. The third-order valence-electron chi connectivity index (χ3n) is 15.2. The maximum atomic E-state index is 4.65. The Hall–Kier alpha value is -9.25. The Labute approximate surface area is 405 Å². The largest absolute Gasteiger partial charge is 0.310 e. The Morgan fingerprint density at radius 3 is 1.57 bits per heavy atom. The van der Waals surface area contributed by atoms with E-state index in [0.29, 0.717) is 0 Å². The summed E-state index contributed by atoms with van der Waals surface area (Å²) in [6.07, 6.45) is 3.91. The van der Waals surface area contributed by atoms with Gasteiger partial charge in [-0.05, 0) is 129 Å². The molecule has 3 aromatic heterocycles. The third kappa shape index (κ3) is 5.27. The van der Waals surface area contributed by atoms with Gasteiger partial charge in [-0.2, -0.15) is 0 Å². The summed E-state index contributed by atoms with van der Waals surface area (Å²) in [5, 5.41) is 4.75. The first-order valence-corrected chi connectivity index (χ1v) is 24.1. The first kappa shape index (κ1) is 38.8. The van der Waals surface area contributed by atoms with Crippen molar-refractivity contribution >= 4 is 60.7 Å². The molecule has 0 N–H and O–H groups in total. The summed E-state index contributed by atoms with van der Waals surface area (Å²) in [7, 11) is 0. The monoisotopic (exact) mass is 890 g/mol. The normalized spacial score (nSPS) is 13.0. The maximum absolute atomic E-state index is 4.65. The minimum atomic E-state index is -0.544. The maximum Gasteiger partial charge on any atom is 0.0746 e. The molecule has 2 aliphatic carbocycles. The van der Waals surface area contributed by atoms with E-state index in [1.807, 2.05) is 12.4 Å². The van der Waals surface area contributed by atoms with Crippen LogP contribution >= 0.6 is 0 Å². The van der Waals surface area contributed by atoms with Crippen molar-refractivity contribution in [1.29, 1.82) is 0 Å². The number of fused-ring (bicyclic) bond motifs is 16. The zero-order valence-corrected chi connectivity index (χ0v) is 38.0. The Bertz CT molecular complexity index is 4170. The summed E-state index contributed by atoms with van der Waals surface area (Å²) in [5.41, 5.74) is 22.4. The molecule has 15 rings (SSSR count). The standard InChI is InChI=1S/C66H42N4/c1-3-17-44(18-4-1)69-59-30-14-10-24-52(59)54-41-47(37-38-60(54)69)68(46-35-33-43(34-36-46)48-25-15-31-62-64(48)55-42-67-40-39-61(55)70(62)45-19-5-2-6-20-45)63-32-16-26-53-51-23-9-13-29-58(51)66(65(53)63)56-27-11-7-21-49(56)50-22-8-12-28-57(50)66/h1-42H. The molecular formula is C66H42N4. The van der Waals surface area contributed by atoms with Gasteiger partial charge in [-0.15, -0.1) is 0 Å². The SMILES string of the molecule is c1ccc(-n2c3ccccc3c3cc(N(c4ccc(-c5cccc6c5c5cnccc5n6-c5ccccc5)cc4)c4cccc5c4C4(c6ccccc6-c6ccccc64)c4ccccc4-5)ccc32)cc1. The molecule has 1 spiro atoms. The van der Waals surface area contributed by atoms with Gasteiger partial charge >= 0.3 is 0 Å². The molecule has 70 heavy (non-hydrogen) atoms. The summed E-state index contributed by atoms with van der Waals surface area (Å²) in [4.78, 5) is 7.18. The van der Waals surface area contributed by atoms with Gasteiger partial charge in [-0.1, -0.05) is 164 Å². The lowest BCUT2D eigenvalue weighted by atomic mass is 9.70. The van der Waals surface area contributed by atoms with E-state index in [2.05, 4.69) is 262 Å². The molecule has 2 aliphatic rings. The lowest BCUT2D eigenvalue weighted by Crippen LogP contribution is -2.28. The van der Waals surface area contributed by atoms with Crippen LogP contribution < -0.4 is 4.90 Å². The Morgan fingerprint density at radius 1 is 0.357 bits per heavy atom. The highest BCUT2D eigenvalue weighted by Gasteiger charge is 2.53. The van der Waals surface area contributed by atoms with E-state index in [-0.39, 0.29) is 0 Å². The molecule has 0 unspecified atom stereocenters. The van der Waals surface area contributed by atoms with Crippen LogP contribution in [0.3, 0.4) is 0 Å². The summed E-state index contributed by atoms with van der Waals surface area (Å²) < 4.78 is 4.76. The Balaban J connectivity index is 0.992. The number of para-hydroxylation sites is 3. The van der Waals surface area contributed by atoms with Crippen molar-refractivity contribution in [2.75, 3.05) is 4.90 Å². The zero-order chi connectivity index (χ0) is 45.9. The summed E-state index contributed by atoms with van der Waals surface area (Å²) in [5.74, 6) is 0. The lowest BCUT2D eigenvalue weighted by molar-refractivity contribution is 0.793. The van der Waals surface area contributed by atoms with E-state index in [9.17, 15) is 0 Å². The van der Waals surface area contributed by atoms with Crippen molar-refractivity contribution < 1.29 is 0 Å². The van der Waals surface area contributed by atoms with Gasteiger partial charge < -0.3 is 14.0 Å². The van der Waals surface area contributed by atoms with Crippen LogP contribution in [0.15, 0.2) is 255 Å². The van der Waals surface area contributed by atoms with Gasteiger partial charge in [0.1, 0.15) is 0 Å². The van der Waals surface area contributed by atoms with Crippen molar-refractivity contribution in [2.24, 2.45) is 0 Å².